The highest BCUT2D eigenvalue weighted by Crippen LogP contribution is 2.45. The highest BCUT2D eigenvalue weighted by molar-refractivity contribution is 6.47. The molecule has 180 valence electrons. The molecule has 0 aliphatic heterocycles. The normalized spacial score (nSPS) is 15.9. The Morgan fingerprint density at radius 3 is 2.38 bits per heavy atom. The van der Waals surface area contributed by atoms with Gasteiger partial charge in [-0.1, -0.05) is 17.5 Å². The van der Waals surface area contributed by atoms with Gasteiger partial charge in [-0.3, -0.25) is 14.4 Å². The van der Waals surface area contributed by atoms with Gasteiger partial charge in [0.15, 0.2) is 0 Å². The zero-order valence-electron chi connectivity index (χ0n) is 17.7. The number of hydrogen-bond donors (Lipinski definition) is 2. The number of carbonyl (C=O) groups excluding carboxylic acids is 3. The van der Waals surface area contributed by atoms with Gasteiger partial charge in [0.2, 0.25) is 0 Å². The van der Waals surface area contributed by atoms with Crippen LogP contribution >= 0.6 is 11.6 Å². The Balaban J connectivity index is 1.86. The van der Waals surface area contributed by atoms with Crippen LogP contribution in [0.15, 0.2) is 18.2 Å². The van der Waals surface area contributed by atoms with Gasteiger partial charge < -0.3 is 15.2 Å². The first-order chi connectivity index (χ1) is 15.7. The predicted molar refractivity (Wildman–Crippen MR) is 113 cm³/mol. The molecule has 1 aromatic carbocycles. The third kappa shape index (κ3) is 4.50. The number of aromatic nitrogens is 1. The largest absolute Gasteiger partial charge is 0.332 e. The van der Waals surface area contributed by atoms with Gasteiger partial charge in [0.05, 0.1) is 11.1 Å². The van der Waals surface area contributed by atoms with Crippen molar-refractivity contribution in [3.05, 3.63) is 51.6 Å². The molecule has 0 radical (unpaired) electrons. The minimum Gasteiger partial charge on any atom is -0.332 e. The van der Waals surface area contributed by atoms with Crippen LogP contribution in [0.25, 0.3) is 0 Å². The van der Waals surface area contributed by atoms with Crippen LogP contribution in [0.3, 0.4) is 0 Å². The van der Waals surface area contributed by atoms with Crippen molar-refractivity contribution in [2.45, 2.75) is 37.7 Å². The van der Waals surface area contributed by atoms with Gasteiger partial charge in [-0.05, 0) is 30.7 Å². The molecular formula is C22H17ClF5N3O3. The summed E-state index contributed by atoms with van der Waals surface area (Å²) < 4.78 is 67.0. The summed E-state index contributed by atoms with van der Waals surface area (Å²) in [4.78, 5) is 38.0. The number of ketones is 1. The molecule has 0 spiro atoms. The van der Waals surface area contributed by atoms with Crippen LogP contribution in [0.4, 0.5) is 27.6 Å². The molecule has 1 aliphatic rings. The summed E-state index contributed by atoms with van der Waals surface area (Å²) in [6.45, 7) is 1.31. The zero-order chi connectivity index (χ0) is 25.6. The quantitative estimate of drug-likeness (QED) is 0.266. The topological polar surface area (TPSA) is 80.2 Å². The summed E-state index contributed by atoms with van der Waals surface area (Å²) in [5.41, 5.74) is -3.34. The molecule has 6 nitrogen and oxygen atoms in total. The van der Waals surface area contributed by atoms with E-state index in [4.69, 9.17) is 18.0 Å². The van der Waals surface area contributed by atoms with Crippen LogP contribution in [-0.2, 0) is 11.8 Å². The van der Waals surface area contributed by atoms with E-state index in [-0.39, 0.29) is 27.7 Å². The number of nitrogens with one attached hydrogen (secondary N) is 2. The molecule has 0 saturated heterocycles. The van der Waals surface area contributed by atoms with Crippen molar-refractivity contribution in [3.8, 4) is 12.3 Å². The molecular weight excluding hydrogens is 485 g/mol. The van der Waals surface area contributed by atoms with Crippen molar-refractivity contribution in [1.29, 1.82) is 0 Å². The van der Waals surface area contributed by atoms with Crippen molar-refractivity contribution in [2.75, 3.05) is 5.32 Å². The lowest BCUT2D eigenvalue weighted by Gasteiger charge is -2.43. The lowest BCUT2D eigenvalue weighted by atomic mass is 9.74. The maximum Gasteiger partial charge on any atom is 0.293 e. The molecule has 2 N–H and O–H groups in total. The number of amides is 2. The minimum absolute atomic E-state index is 0.0324. The van der Waals surface area contributed by atoms with E-state index >= 15 is 0 Å². The van der Waals surface area contributed by atoms with Crippen LogP contribution in [-0.4, -0.2) is 33.6 Å². The van der Waals surface area contributed by atoms with E-state index in [0.29, 0.717) is 0 Å². The average Bonchev–Trinajstić information content (AvgIpc) is 2.95. The number of benzene rings is 1. The smallest absolute Gasteiger partial charge is 0.293 e. The van der Waals surface area contributed by atoms with Gasteiger partial charge >= 0.3 is 0 Å². The second-order valence-electron chi connectivity index (χ2n) is 7.91. The first-order valence-corrected chi connectivity index (χ1v) is 10.1. The minimum atomic E-state index is -3.12. The summed E-state index contributed by atoms with van der Waals surface area (Å²) in [5.74, 6) is -5.52. The lowest BCUT2D eigenvalue weighted by molar-refractivity contribution is -0.133. The fourth-order valence-corrected chi connectivity index (χ4v) is 4.11. The van der Waals surface area contributed by atoms with Crippen LogP contribution in [0, 0.1) is 25.1 Å². The van der Waals surface area contributed by atoms with Crippen LogP contribution in [0.2, 0.25) is 5.15 Å². The third-order valence-corrected chi connectivity index (χ3v) is 5.90. The van der Waals surface area contributed by atoms with Crippen molar-refractivity contribution < 1.29 is 36.3 Å². The van der Waals surface area contributed by atoms with E-state index < -0.39 is 59.7 Å². The Hall–Kier alpha value is -3.39. The number of halogens is 6. The van der Waals surface area contributed by atoms with E-state index in [1.807, 2.05) is 0 Å². The van der Waals surface area contributed by atoms with Gasteiger partial charge in [0.25, 0.3) is 29.9 Å². The molecule has 12 heteroatoms. The maximum atomic E-state index is 13.5. The lowest BCUT2D eigenvalue weighted by Crippen LogP contribution is -2.62. The molecule has 0 bridgehead atoms. The fraction of sp³-hybridized carbons (Fsp3) is 0.318. The van der Waals surface area contributed by atoms with Gasteiger partial charge in [-0.15, -0.1) is 6.42 Å². The molecule has 1 aliphatic carbocycles. The first kappa shape index (κ1) is 25.2. The monoisotopic (exact) mass is 501 g/mol. The van der Waals surface area contributed by atoms with Crippen LogP contribution < -0.4 is 10.6 Å². The number of nitrogens with zero attached hydrogens (tertiary/aromatic N) is 1. The Labute approximate surface area is 195 Å². The fourth-order valence-electron chi connectivity index (χ4n) is 3.80. The molecule has 1 saturated carbocycles. The van der Waals surface area contributed by atoms with Gasteiger partial charge in [-0.25, -0.2) is 22.0 Å². The average molecular weight is 502 g/mol. The predicted octanol–water partition coefficient (Wildman–Crippen LogP) is 4.42. The summed E-state index contributed by atoms with van der Waals surface area (Å²) in [5, 5.41) is 4.13. The highest BCUT2D eigenvalue weighted by Gasteiger charge is 2.57. The van der Waals surface area contributed by atoms with Crippen molar-refractivity contribution in [2.24, 2.45) is 7.05 Å². The molecule has 0 atom stereocenters. The summed E-state index contributed by atoms with van der Waals surface area (Å²) in [6, 6.07) is 2.57. The number of rotatable bonds is 6. The van der Waals surface area contributed by atoms with Gasteiger partial charge in [0, 0.05) is 25.6 Å². The number of Topliss-reactive ketones (excluding diaryl/α,β-unsaturated/α-hetero) is 1. The number of carbonyl (C=O) groups is 3. The van der Waals surface area contributed by atoms with Crippen molar-refractivity contribution >= 4 is 34.9 Å². The Kier molecular flexibility index (Phi) is 6.50. The Morgan fingerprint density at radius 2 is 1.85 bits per heavy atom. The summed E-state index contributed by atoms with van der Waals surface area (Å²) >= 11 is 6.16. The molecule has 2 aromatic rings. The summed E-state index contributed by atoms with van der Waals surface area (Å²) in [7, 11) is 1.31. The van der Waals surface area contributed by atoms with Crippen molar-refractivity contribution in [3.63, 3.8) is 0 Å². The van der Waals surface area contributed by atoms with Crippen LogP contribution in [0.1, 0.15) is 51.2 Å². The second kappa shape index (κ2) is 8.76. The SMILES string of the molecule is C#CC1(NC(=O)C(=O)c2c(C)c(C(=O)Nc3ccc(F)c(C(F)F)c3)n(C)c2Cl)CC(F)(F)C1. The van der Waals surface area contributed by atoms with E-state index in [2.05, 4.69) is 16.6 Å². The second-order valence-corrected chi connectivity index (χ2v) is 8.27. The van der Waals surface area contributed by atoms with E-state index in [1.165, 1.54) is 14.0 Å². The number of terminal acetylenes is 1. The highest BCUT2D eigenvalue weighted by atomic mass is 35.5. The van der Waals surface area contributed by atoms with E-state index in [9.17, 15) is 36.3 Å². The van der Waals surface area contributed by atoms with Crippen LogP contribution in [0.5, 0.6) is 0 Å². The van der Waals surface area contributed by atoms with E-state index in [0.717, 1.165) is 22.8 Å². The summed E-state index contributed by atoms with van der Waals surface area (Å²) in [6.07, 6.45) is 0.475. The molecule has 2 amide bonds. The van der Waals surface area contributed by atoms with Gasteiger partial charge in [-0.2, -0.15) is 0 Å². The zero-order valence-corrected chi connectivity index (χ0v) is 18.5. The Bertz CT molecular complexity index is 1240. The molecule has 0 unspecified atom stereocenters. The standard InChI is InChI=1S/C22H17ClF5N3O3/c1-4-21(8-22(27,28)9-21)30-20(34)16(32)14-10(2)15(31(3)17(14)23)19(33)29-11-5-6-13(24)12(7-11)18(25)26/h1,5-7,18H,8-9H2,2-3H3,(H,29,33)(H,30,34). The van der Waals surface area contributed by atoms with Gasteiger partial charge in [0.1, 0.15) is 22.2 Å². The first-order valence-electron chi connectivity index (χ1n) is 9.68. The molecule has 3 rings (SSSR count). The molecule has 1 heterocycles. The maximum absolute atomic E-state index is 13.5. The molecule has 1 fully saturated rings. The van der Waals surface area contributed by atoms with Crippen molar-refractivity contribution in [1.82, 2.24) is 9.88 Å². The Morgan fingerprint density at radius 1 is 1.24 bits per heavy atom. The number of anilines is 1. The number of alkyl halides is 4. The molecule has 1 aromatic heterocycles. The van der Waals surface area contributed by atoms with E-state index in [1.54, 1.807) is 0 Å². The number of hydrogen-bond acceptors (Lipinski definition) is 3. The third-order valence-electron chi connectivity index (χ3n) is 5.45. The molecule has 34 heavy (non-hydrogen) atoms.